The second-order valence-corrected chi connectivity index (χ2v) is 13.3. The SMILES string of the molecule is N#Cc1cc(C2CNCCO2)ccc1NC(=O)c1ccn(-c2ccc(F)cc2)n1.O=C(Nc1ccc([C@H]2CNCCO2)cc1Cl)c1ccn(-c2ccc(F)cc2)n1. The summed E-state index contributed by atoms with van der Waals surface area (Å²) in [7, 11) is 0. The predicted octanol–water partition coefficient (Wildman–Crippen LogP) is 6.37. The van der Waals surface area contributed by atoms with E-state index in [1.807, 2.05) is 12.1 Å². The molecule has 0 radical (unpaired) electrons. The Morgan fingerprint density at radius 1 is 0.702 bits per heavy atom. The van der Waals surface area contributed by atoms with Crippen molar-refractivity contribution in [3.63, 3.8) is 0 Å². The minimum Gasteiger partial charge on any atom is -0.371 e. The van der Waals surface area contributed by atoms with Crippen molar-refractivity contribution in [3.05, 3.63) is 154 Å². The van der Waals surface area contributed by atoms with Gasteiger partial charge in [-0.1, -0.05) is 23.7 Å². The number of carbonyl (C=O) groups is 2. The molecule has 2 aromatic heterocycles. The normalized spacial score (nSPS) is 16.5. The third kappa shape index (κ3) is 9.76. The van der Waals surface area contributed by atoms with Crippen molar-refractivity contribution in [2.75, 3.05) is 50.0 Å². The Hall–Kier alpha value is -6.28. The predicted molar refractivity (Wildman–Crippen MR) is 209 cm³/mol. The number of benzene rings is 4. The van der Waals surface area contributed by atoms with Gasteiger partial charge in [-0.15, -0.1) is 0 Å². The lowest BCUT2D eigenvalue weighted by atomic mass is 10.0. The summed E-state index contributed by atoms with van der Waals surface area (Å²) < 4.78 is 40.5. The van der Waals surface area contributed by atoms with Crippen LogP contribution in [0.4, 0.5) is 20.2 Å². The molecule has 0 saturated carbocycles. The van der Waals surface area contributed by atoms with Gasteiger partial charge in [-0.25, -0.2) is 18.1 Å². The van der Waals surface area contributed by atoms with E-state index in [1.165, 1.54) is 33.6 Å². The molecule has 57 heavy (non-hydrogen) atoms. The molecular weight excluding hydrogens is 756 g/mol. The molecule has 1 unspecified atom stereocenters. The van der Waals surface area contributed by atoms with Gasteiger partial charge in [0.2, 0.25) is 0 Å². The molecule has 2 saturated heterocycles. The van der Waals surface area contributed by atoms with Crippen molar-refractivity contribution in [2.24, 2.45) is 0 Å². The van der Waals surface area contributed by atoms with Crippen LogP contribution < -0.4 is 21.3 Å². The average molecular weight is 792 g/mol. The second kappa shape index (κ2) is 18.1. The molecule has 2 atom stereocenters. The highest BCUT2D eigenvalue weighted by atomic mass is 35.5. The fraction of sp³-hybridized carbons (Fsp3) is 0.195. The summed E-state index contributed by atoms with van der Waals surface area (Å²) in [5.74, 6) is -1.50. The molecule has 4 aromatic carbocycles. The van der Waals surface area contributed by atoms with E-state index in [0.717, 1.165) is 30.8 Å². The highest BCUT2D eigenvalue weighted by Gasteiger charge is 2.20. The number of nitrogens with zero attached hydrogens (tertiary/aromatic N) is 5. The maximum Gasteiger partial charge on any atom is 0.276 e. The summed E-state index contributed by atoms with van der Waals surface area (Å²) in [5.41, 5.74) is 4.78. The summed E-state index contributed by atoms with van der Waals surface area (Å²) in [6, 6.07) is 27.6. The summed E-state index contributed by atoms with van der Waals surface area (Å²) in [5, 5.41) is 30.4. The Morgan fingerprint density at radius 2 is 1.18 bits per heavy atom. The molecule has 4 heterocycles. The third-order valence-corrected chi connectivity index (χ3v) is 9.39. The van der Waals surface area contributed by atoms with Crippen molar-refractivity contribution < 1.29 is 27.8 Å². The van der Waals surface area contributed by atoms with Crippen LogP contribution in [0.5, 0.6) is 0 Å². The summed E-state index contributed by atoms with van der Waals surface area (Å²) in [6.45, 7) is 4.31. The van der Waals surface area contributed by atoms with E-state index in [9.17, 15) is 23.6 Å². The fourth-order valence-electron chi connectivity index (χ4n) is 6.09. The van der Waals surface area contributed by atoms with Gasteiger partial charge < -0.3 is 30.7 Å². The molecule has 2 aliphatic heterocycles. The molecule has 6 aromatic rings. The monoisotopic (exact) mass is 791 g/mol. The second-order valence-electron chi connectivity index (χ2n) is 12.9. The first-order chi connectivity index (χ1) is 27.7. The topological polar surface area (TPSA) is 160 Å². The number of morpholine rings is 2. The zero-order valence-electron chi connectivity index (χ0n) is 30.3. The van der Waals surface area contributed by atoms with E-state index < -0.39 is 5.91 Å². The van der Waals surface area contributed by atoms with Gasteiger partial charge in [-0.2, -0.15) is 15.5 Å². The first-order valence-electron chi connectivity index (χ1n) is 18.0. The zero-order valence-corrected chi connectivity index (χ0v) is 31.0. The van der Waals surface area contributed by atoms with Crippen LogP contribution in [0.25, 0.3) is 11.4 Å². The molecule has 4 N–H and O–H groups in total. The maximum atomic E-state index is 13.1. The third-order valence-electron chi connectivity index (χ3n) is 9.08. The first-order valence-corrected chi connectivity index (χ1v) is 18.4. The molecule has 0 spiro atoms. The molecule has 290 valence electrons. The van der Waals surface area contributed by atoms with E-state index in [0.29, 0.717) is 53.1 Å². The number of hydrogen-bond acceptors (Lipinski definition) is 9. The quantitative estimate of drug-likeness (QED) is 0.137. The molecular formula is C41H36ClF2N9O4. The molecule has 2 aliphatic rings. The van der Waals surface area contributed by atoms with Crippen molar-refractivity contribution in [3.8, 4) is 17.4 Å². The van der Waals surface area contributed by atoms with Gasteiger partial charge in [0.1, 0.15) is 17.7 Å². The Bertz CT molecular complexity index is 2380. The molecule has 8 rings (SSSR count). The number of nitriles is 1. The Morgan fingerprint density at radius 3 is 1.63 bits per heavy atom. The van der Waals surface area contributed by atoms with Gasteiger partial charge in [0.15, 0.2) is 11.4 Å². The van der Waals surface area contributed by atoms with E-state index >= 15 is 0 Å². The summed E-state index contributed by atoms with van der Waals surface area (Å²) in [4.78, 5) is 25.1. The van der Waals surface area contributed by atoms with Gasteiger partial charge in [-0.05, 0) is 96.1 Å². The van der Waals surface area contributed by atoms with Gasteiger partial charge in [-0.3, -0.25) is 9.59 Å². The van der Waals surface area contributed by atoms with Gasteiger partial charge in [0.25, 0.3) is 11.8 Å². The lowest BCUT2D eigenvalue weighted by Crippen LogP contribution is -2.33. The number of rotatable bonds is 8. The summed E-state index contributed by atoms with van der Waals surface area (Å²) >= 11 is 6.34. The number of nitrogens with one attached hydrogen (secondary N) is 4. The van der Waals surface area contributed by atoms with Crippen LogP contribution in [0.15, 0.2) is 109 Å². The van der Waals surface area contributed by atoms with Gasteiger partial charge in [0, 0.05) is 38.6 Å². The molecule has 2 amide bonds. The van der Waals surface area contributed by atoms with Crippen LogP contribution >= 0.6 is 11.6 Å². The van der Waals surface area contributed by atoms with Crippen LogP contribution in [0.2, 0.25) is 5.02 Å². The number of ether oxygens (including phenoxy) is 2. The van der Waals surface area contributed by atoms with Crippen LogP contribution in [-0.2, 0) is 9.47 Å². The standard InChI is InChI=1S/C21H18FN5O2.C20H18ClFN4O2/c22-16-2-4-17(5-3-16)27-9-7-19(26-27)21(28)25-18-6-1-14(11-15(18)12-23)20-13-24-8-10-29-20;21-16-11-13(19-12-23-8-10-28-19)1-6-17(16)24-20(27)18-7-9-26(25-18)15-4-2-14(22)3-5-15/h1-7,9,11,20,24H,8,10,13H2,(H,25,28);1-7,9,11,19,23H,8,10,12H2,(H,24,27)/t;19-/m.1/s1. The molecule has 0 bridgehead atoms. The minimum atomic E-state index is -0.439. The molecule has 13 nitrogen and oxygen atoms in total. The Labute approximate surface area is 331 Å². The number of carbonyl (C=O) groups excluding carboxylic acids is 2. The van der Waals surface area contributed by atoms with Gasteiger partial charge >= 0.3 is 0 Å². The molecule has 16 heteroatoms. The smallest absolute Gasteiger partial charge is 0.276 e. The zero-order chi connectivity index (χ0) is 39.7. The Kier molecular flexibility index (Phi) is 12.4. The van der Waals surface area contributed by atoms with Gasteiger partial charge in [0.05, 0.1) is 58.8 Å². The minimum absolute atomic E-state index is 0.0533. The lowest BCUT2D eigenvalue weighted by Gasteiger charge is -2.24. The number of amides is 2. The van der Waals surface area contributed by atoms with E-state index in [-0.39, 0.29) is 41.1 Å². The average Bonchev–Trinajstić information content (AvgIpc) is 3.95. The fourth-order valence-corrected chi connectivity index (χ4v) is 6.33. The highest BCUT2D eigenvalue weighted by Crippen LogP contribution is 2.29. The Balaban J connectivity index is 0.000000174. The maximum absolute atomic E-state index is 13.1. The van der Waals surface area contributed by atoms with Crippen LogP contribution in [0, 0.1) is 23.0 Å². The largest absolute Gasteiger partial charge is 0.371 e. The summed E-state index contributed by atoms with van der Waals surface area (Å²) in [6.07, 6.45) is 3.08. The van der Waals surface area contributed by atoms with Crippen molar-refractivity contribution in [1.82, 2.24) is 30.2 Å². The first kappa shape index (κ1) is 39.0. The van der Waals surface area contributed by atoms with Crippen molar-refractivity contribution >= 4 is 34.8 Å². The molecule has 0 aliphatic carbocycles. The lowest BCUT2D eigenvalue weighted by molar-refractivity contribution is 0.0276. The number of anilines is 2. The van der Waals surface area contributed by atoms with Crippen molar-refractivity contribution in [1.29, 1.82) is 5.26 Å². The van der Waals surface area contributed by atoms with E-state index in [1.54, 1.807) is 73.1 Å². The number of halogens is 3. The van der Waals surface area contributed by atoms with Crippen LogP contribution in [0.1, 0.15) is 49.9 Å². The van der Waals surface area contributed by atoms with E-state index in [2.05, 4.69) is 37.5 Å². The van der Waals surface area contributed by atoms with Crippen LogP contribution in [-0.4, -0.2) is 70.8 Å². The number of aromatic nitrogens is 4. The van der Waals surface area contributed by atoms with Crippen molar-refractivity contribution in [2.45, 2.75) is 12.2 Å². The number of hydrogen-bond donors (Lipinski definition) is 4. The van der Waals surface area contributed by atoms with Crippen LogP contribution in [0.3, 0.4) is 0 Å². The highest BCUT2D eigenvalue weighted by molar-refractivity contribution is 6.34. The van der Waals surface area contributed by atoms with E-state index in [4.69, 9.17) is 21.1 Å². The molecule has 2 fully saturated rings.